The SMILES string of the molecule is CCOC(=O)C1CCC(CNC(=O)N2C[C@@H](CC)Oc3ccc(Cl)cc32)CC1. The molecule has 0 radical (unpaired) electrons. The topological polar surface area (TPSA) is 67.9 Å². The smallest absolute Gasteiger partial charge is 0.322 e. The summed E-state index contributed by atoms with van der Waals surface area (Å²) in [4.78, 5) is 26.5. The normalized spacial score (nSPS) is 24.1. The highest BCUT2D eigenvalue weighted by Crippen LogP contribution is 2.36. The van der Waals surface area contributed by atoms with Gasteiger partial charge < -0.3 is 14.8 Å². The summed E-state index contributed by atoms with van der Waals surface area (Å²) in [5, 5.41) is 3.64. The van der Waals surface area contributed by atoms with Gasteiger partial charge in [0, 0.05) is 11.6 Å². The molecule has 6 nitrogen and oxygen atoms in total. The lowest BCUT2D eigenvalue weighted by atomic mass is 9.82. The number of rotatable bonds is 5. The van der Waals surface area contributed by atoms with Crippen LogP contribution in [0.25, 0.3) is 0 Å². The molecule has 1 heterocycles. The average Bonchev–Trinajstić information content (AvgIpc) is 2.71. The number of amides is 2. The molecule has 1 fully saturated rings. The average molecular weight is 409 g/mol. The summed E-state index contributed by atoms with van der Waals surface area (Å²) in [7, 11) is 0. The summed E-state index contributed by atoms with van der Waals surface area (Å²) in [6.07, 6.45) is 4.30. The zero-order valence-corrected chi connectivity index (χ0v) is 17.3. The molecule has 1 aliphatic heterocycles. The number of hydrogen-bond donors (Lipinski definition) is 1. The summed E-state index contributed by atoms with van der Waals surface area (Å²) >= 11 is 6.13. The van der Waals surface area contributed by atoms with Crippen molar-refractivity contribution in [3.05, 3.63) is 23.2 Å². The van der Waals surface area contributed by atoms with E-state index in [1.54, 1.807) is 17.0 Å². The lowest BCUT2D eigenvalue weighted by Crippen LogP contribution is -2.49. The Morgan fingerprint density at radius 3 is 2.68 bits per heavy atom. The maximum atomic E-state index is 12.9. The summed E-state index contributed by atoms with van der Waals surface area (Å²) in [6, 6.07) is 5.23. The van der Waals surface area contributed by atoms with E-state index in [-0.39, 0.29) is 24.0 Å². The van der Waals surface area contributed by atoms with Gasteiger partial charge in [-0.3, -0.25) is 9.69 Å². The number of esters is 1. The summed E-state index contributed by atoms with van der Waals surface area (Å²) in [5.41, 5.74) is 0.709. The maximum Gasteiger partial charge on any atom is 0.322 e. The van der Waals surface area contributed by atoms with Gasteiger partial charge in [-0.1, -0.05) is 18.5 Å². The number of urea groups is 1. The molecule has 0 spiro atoms. The monoisotopic (exact) mass is 408 g/mol. The highest BCUT2D eigenvalue weighted by atomic mass is 35.5. The van der Waals surface area contributed by atoms with Crippen molar-refractivity contribution < 1.29 is 19.1 Å². The Labute approximate surface area is 171 Å². The van der Waals surface area contributed by atoms with Crippen LogP contribution >= 0.6 is 11.6 Å². The molecule has 1 aliphatic carbocycles. The van der Waals surface area contributed by atoms with E-state index in [9.17, 15) is 9.59 Å². The highest BCUT2D eigenvalue weighted by molar-refractivity contribution is 6.31. The van der Waals surface area contributed by atoms with Crippen molar-refractivity contribution in [3.63, 3.8) is 0 Å². The number of nitrogens with one attached hydrogen (secondary N) is 1. The van der Waals surface area contributed by atoms with Crippen LogP contribution in [0.1, 0.15) is 46.0 Å². The molecule has 28 heavy (non-hydrogen) atoms. The second-order valence-electron chi connectivity index (χ2n) is 7.53. The first-order chi connectivity index (χ1) is 13.5. The Kier molecular flexibility index (Phi) is 7.05. The minimum absolute atomic E-state index is 0.00507. The zero-order chi connectivity index (χ0) is 20.1. The van der Waals surface area contributed by atoms with Crippen LogP contribution in [0.5, 0.6) is 5.75 Å². The van der Waals surface area contributed by atoms with Gasteiger partial charge in [-0.05, 0) is 63.1 Å². The quantitative estimate of drug-likeness (QED) is 0.733. The largest absolute Gasteiger partial charge is 0.486 e. The predicted molar refractivity (Wildman–Crippen MR) is 109 cm³/mol. The zero-order valence-electron chi connectivity index (χ0n) is 16.6. The molecule has 1 saturated carbocycles. The summed E-state index contributed by atoms with van der Waals surface area (Å²) in [5.74, 6) is 0.993. The van der Waals surface area contributed by atoms with Crippen LogP contribution in [-0.4, -0.2) is 37.8 Å². The third kappa shape index (κ3) is 4.90. The Balaban J connectivity index is 1.55. The van der Waals surface area contributed by atoms with Gasteiger partial charge in [0.05, 0.1) is 24.8 Å². The molecule has 154 valence electrons. The number of fused-ring (bicyclic) bond motifs is 1. The first-order valence-electron chi connectivity index (χ1n) is 10.2. The molecule has 0 saturated heterocycles. The number of nitrogens with zero attached hydrogens (tertiary/aromatic N) is 1. The minimum atomic E-state index is -0.127. The fourth-order valence-electron chi connectivity index (χ4n) is 3.91. The van der Waals surface area contributed by atoms with E-state index in [2.05, 4.69) is 5.32 Å². The van der Waals surface area contributed by atoms with Crippen molar-refractivity contribution in [2.24, 2.45) is 11.8 Å². The fourth-order valence-corrected chi connectivity index (χ4v) is 4.08. The summed E-state index contributed by atoms with van der Waals surface area (Å²) in [6.45, 7) is 5.42. The number of carbonyl (C=O) groups is 2. The van der Waals surface area contributed by atoms with Crippen LogP contribution in [0.4, 0.5) is 10.5 Å². The van der Waals surface area contributed by atoms with Crippen molar-refractivity contribution >= 4 is 29.3 Å². The second-order valence-corrected chi connectivity index (χ2v) is 7.96. The van der Waals surface area contributed by atoms with E-state index >= 15 is 0 Å². The van der Waals surface area contributed by atoms with Gasteiger partial charge >= 0.3 is 12.0 Å². The molecule has 0 aromatic heterocycles. The van der Waals surface area contributed by atoms with E-state index < -0.39 is 0 Å². The molecule has 7 heteroatoms. The fraction of sp³-hybridized carbons (Fsp3) is 0.619. The van der Waals surface area contributed by atoms with E-state index in [0.29, 0.717) is 42.1 Å². The Morgan fingerprint density at radius 1 is 1.25 bits per heavy atom. The minimum Gasteiger partial charge on any atom is -0.486 e. The molecule has 1 N–H and O–H groups in total. The van der Waals surface area contributed by atoms with Crippen molar-refractivity contribution in [1.29, 1.82) is 0 Å². The number of halogens is 1. The molecule has 0 unspecified atom stereocenters. The molecule has 1 atom stereocenters. The molecule has 2 amide bonds. The van der Waals surface area contributed by atoms with Crippen LogP contribution in [0, 0.1) is 11.8 Å². The van der Waals surface area contributed by atoms with Gasteiger partial charge in [0.2, 0.25) is 0 Å². The third-order valence-corrected chi connectivity index (χ3v) is 5.84. The molecular formula is C21H29ClN2O4. The number of benzene rings is 1. The van der Waals surface area contributed by atoms with E-state index in [0.717, 1.165) is 32.1 Å². The van der Waals surface area contributed by atoms with Crippen LogP contribution in [0.3, 0.4) is 0 Å². The molecule has 1 aromatic carbocycles. The Morgan fingerprint density at radius 2 is 2.00 bits per heavy atom. The van der Waals surface area contributed by atoms with Crippen LogP contribution in [0.15, 0.2) is 18.2 Å². The standard InChI is InChI=1S/C21H29ClN2O4/c1-3-17-13-24(18-11-16(22)9-10-19(18)28-17)21(26)23-12-14-5-7-15(8-6-14)20(25)27-4-2/h9-11,14-15,17H,3-8,12-13H2,1-2H3,(H,23,26)/t14?,15?,17-/m1/s1. The first kappa shape index (κ1) is 20.8. The van der Waals surface area contributed by atoms with E-state index in [4.69, 9.17) is 21.1 Å². The van der Waals surface area contributed by atoms with Gasteiger partial charge in [-0.25, -0.2) is 4.79 Å². The molecule has 0 bridgehead atoms. The lowest BCUT2D eigenvalue weighted by molar-refractivity contribution is -0.149. The van der Waals surface area contributed by atoms with Crippen LogP contribution in [0.2, 0.25) is 5.02 Å². The first-order valence-corrected chi connectivity index (χ1v) is 10.6. The maximum absolute atomic E-state index is 12.9. The second kappa shape index (κ2) is 9.50. The van der Waals surface area contributed by atoms with E-state index in [1.807, 2.05) is 19.9 Å². The van der Waals surface area contributed by atoms with Gasteiger partial charge in [0.15, 0.2) is 0 Å². The van der Waals surface area contributed by atoms with Crippen molar-refractivity contribution in [3.8, 4) is 5.75 Å². The van der Waals surface area contributed by atoms with Gasteiger partial charge in [-0.2, -0.15) is 0 Å². The van der Waals surface area contributed by atoms with Crippen LogP contribution in [-0.2, 0) is 9.53 Å². The van der Waals surface area contributed by atoms with Gasteiger partial charge in [-0.15, -0.1) is 0 Å². The molecular weight excluding hydrogens is 380 g/mol. The lowest BCUT2D eigenvalue weighted by Gasteiger charge is -2.35. The molecule has 1 aromatic rings. The Bertz CT molecular complexity index is 704. The summed E-state index contributed by atoms with van der Waals surface area (Å²) < 4.78 is 11.1. The van der Waals surface area contributed by atoms with Crippen molar-refractivity contribution in [1.82, 2.24) is 5.32 Å². The van der Waals surface area contributed by atoms with Crippen molar-refractivity contribution in [2.75, 3.05) is 24.6 Å². The van der Waals surface area contributed by atoms with Crippen LogP contribution < -0.4 is 15.0 Å². The van der Waals surface area contributed by atoms with Gasteiger partial charge in [0.1, 0.15) is 11.9 Å². The predicted octanol–water partition coefficient (Wildman–Crippen LogP) is 4.40. The number of carbonyl (C=O) groups excluding carboxylic acids is 2. The molecule has 3 rings (SSSR count). The van der Waals surface area contributed by atoms with E-state index in [1.165, 1.54) is 0 Å². The van der Waals surface area contributed by atoms with Gasteiger partial charge in [0.25, 0.3) is 0 Å². The number of ether oxygens (including phenoxy) is 2. The molecule has 2 aliphatic rings. The number of anilines is 1. The highest BCUT2D eigenvalue weighted by Gasteiger charge is 2.31. The number of hydrogen-bond acceptors (Lipinski definition) is 4. The Hall–Kier alpha value is -1.95. The van der Waals surface area contributed by atoms with Crippen molar-refractivity contribution in [2.45, 2.75) is 52.1 Å². The third-order valence-electron chi connectivity index (χ3n) is 5.60.